The van der Waals surface area contributed by atoms with E-state index in [0.717, 1.165) is 14.5 Å². The lowest BCUT2D eigenvalue weighted by molar-refractivity contribution is -0.116. The van der Waals surface area contributed by atoms with E-state index in [1.54, 1.807) is 25.3 Å². The van der Waals surface area contributed by atoms with Gasteiger partial charge in [-0.2, -0.15) is 0 Å². The highest BCUT2D eigenvalue weighted by Crippen LogP contribution is 2.30. The van der Waals surface area contributed by atoms with Gasteiger partial charge in [0.05, 0.1) is 28.8 Å². The Bertz CT molecular complexity index is 1200. The summed E-state index contributed by atoms with van der Waals surface area (Å²) in [5, 5.41) is 3.12. The van der Waals surface area contributed by atoms with E-state index in [2.05, 4.69) is 10.3 Å². The van der Waals surface area contributed by atoms with Gasteiger partial charge < -0.3 is 4.74 Å². The number of anilines is 2. The predicted molar refractivity (Wildman–Crippen MR) is 106 cm³/mol. The highest BCUT2D eigenvalue weighted by molar-refractivity contribution is 7.94. The molecule has 3 aromatic rings. The number of methoxy groups -OCH3 is 1. The summed E-state index contributed by atoms with van der Waals surface area (Å²) in [4.78, 5) is 28.9. The second-order valence-electron chi connectivity index (χ2n) is 6.08. The van der Waals surface area contributed by atoms with Crippen LogP contribution in [0.4, 0.5) is 10.8 Å². The standard InChI is InChI=1S/C18H15N3O5S2/c1-26-13-5-6-14-15(10-13)27-18(19-14)20-17(23)11-3-2-4-12(9-11)21-16(22)7-8-28(21,24)25/h2-6,9-10H,7-8H2,1H3,(H,19,20,23). The van der Waals surface area contributed by atoms with Crippen LogP contribution in [-0.4, -0.2) is 38.1 Å². The number of rotatable bonds is 4. The third-order valence-corrected chi connectivity index (χ3v) is 6.86. The molecule has 1 aliphatic rings. The van der Waals surface area contributed by atoms with Crippen molar-refractivity contribution in [1.82, 2.24) is 4.98 Å². The van der Waals surface area contributed by atoms with Crippen molar-refractivity contribution >= 4 is 54.2 Å². The quantitative estimate of drug-likeness (QED) is 0.700. The number of aromatic nitrogens is 1. The van der Waals surface area contributed by atoms with Gasteiger partial charge >= 0.3 is 0 Å². The Kier molecular flexibility index (Phi) is 4.52. The number of carbonyl (C=O) groups is 2. The molecule has 1 saturated heterocycles. The minimum Gasteiger partial charge on any atom is -0.497 e. The van der Waals surface area contributed by atoms with Gasteiger partial charge in [-0.05, 0) is 36.4 Å². The molecule has 0 unspecified atom stereocenters. The number of sulfonamides is 1. The third-order valence-electron chi connectivity index (χ3n) is 4.24. The van der Waals surface area contributed by atoms with Crippen LogP contribution in [0, 0.1) is 0 Å². The molecular weight excluding hydrogens is 402 g/mol. The zero-order valence-corrected chi connectivity index (χ0v) is 16.3. The van der Waals surface area contributed by atoms with Gasteiger partial charge in [-0.15, -0.1) is 0 Å². The number of carbonyl (C=O) groups excluding carboxylic acids is 2. The summed E-state index contributed by atoms with van der Waals surface area (Å²) in [6.45, 7) is 0. The summed E-state index contributed by atoms with van der Waals surface area (Å²) in [5.74, 6) is -0.481. The SMILES string of the molecule is COc1ccc2nc(NC(=O)c3cccc(N4C(=O)CCS4(=O)=O)c3)sc2c1. The van der Waals surface area contributed by atoms with Crippen LogP contribution in [0.15, 0.2) is 42.5 Å². The lowest BCUT2D eigenvalue weighted by Crippen LogP contribution is -2.29. The van der Waals surface area contributed by atoms with Crippen LogP contribution in [0.25, 0.3) is 10.2 Å². The number of nitrogens with one attached hydrogen (secondary N) is 1. The Morgan fingerprint density at radius 1 is 1.25 bits per heavy atom. The molecule has 0 saturated carbocycles. The molecule has 1 aromatic heterocycles. The maximum absolute atomic E-state index is 12.6. The number of hydrogen-bond donors (Lipinski definition) is 1. The predicted octanol–water partition coefficient (Wildman–Crippen LogP) is 2.62. The van der Waals surface area contributed by atoms with E-state index in [-0.39, 0.29) is 23.4 Å². The lowest BCUT2D eigenvalue weighted by Gasteiger charge is -2.15. The number of amides is 2. The third kappa shape index (κ3) is 3.32. The molecule has 0 atom stereocenters. The van der Waals surface area contributed by atoms with E-state index in [9.17, 15) is 18.0 Å². The second kappa shape index (κ2) is 6.88. The molecule has 28 heavy (non-hydrogen) atoms. The summed E-state index contributed by atoms with van der Waals surface area (Å²) in [5.41, 5.74) is 1.11. The number of nitrogens with zero attached hydrogens (tertiary/aromatic N) is 2. The van der Waals surface area contributed by atoms with E-state index in [0.29, 0.717) is 10.9 Å². The molecule has 0 radical (unpaired) electrons. The molecule has 8 nitrogen and oxygen atoms in total. The summed E-state index contributed by atoms with van der Waals surface area (Å²) in [6, 6.07) is 11.4. The number of fused-ring (bicyclic) bond motifs is 1. The van der Waals surface area contributed by atoms with Gasteiger partial charge in [-0.25, -0.2) is 17.7 Å². The topological polar surface area (TPSA) is 106 Å². The van der Waals surface area contributed by atoms with Crippen LogP contribution in [0.1, 0.15) is 16.8 Å². The van der Waals surface area contributed by atoms with Crippen molar-refractivity contribution in [2.24, 2.45) is 0 Å². The van der Waals surface area contributed by atoms with Crippen molar-refractivity contribution < 1.29 is 22.7 Å². The number of benzene rings is 2. The van der Waals surface area contributed by atoms with Crippen LogP contribution in [0.3, 0.4) is 0 Å². The van der Waals surface area contributed by atoms with Crippen LogP contribution >= 0.6 is 11.3 Å². The molecule has 2 heterocycles. The summed E-state index contributed by atoms with van der Waals surface area (Å²) < 4.78 is 31.0. The van der Waals surface area contributed by atoms with Crippen molar-refractivity contribution in [3.63, 3.8) is 0 Å². The van der Waals surface area contributed by atoms with Crippen LogP contribution in [0.5, 0.6) is 5.75 Å². The van der Waals surface area contributed by atoms with E-state index < -0.39 is 21.8 Å². The number of ether oxygens (including phenoxy) is 1. The van der Waals surface area contributed by atoms with Crippen LogP contribution in [0.2, 0.25) is 0 Å². The molecular formula is C18H15N3O5S2. The van der Waals surface area contributed by atoms with Crippen molar-refractivity contribution in [1.29, 1.82) is 0 Å². The Labute approximate surface area is 164 Å². The molecule has 1 fully saturated rings. The van der Waals surface area contributed by atoms with Crippen LogP contribution < -0.4 is 14.4 Å². The zero-order chi connectivity index (χ0) is 19.9. The van der Waals surface area contributed by atoms with Gasteiger partial charge in [-0.3, -0.25) is 14.9 Å². The van der Waals surface area contributed by atoms with Crippen LogP contribution in [-0.2, 0) is 14.8 Å². The van der Waals surface area contributed by atoms with Crippen molar-refractivity contribution in [2.75, 3.05) is 22.5 Å². The average molecular weight is 417 g/mol. The van der Waals surface area contributed by atoms with E-state index in [1.807, 2.05) is 6.07 Å². The summed E-state index contributed by atoms with van der Waals surface area (Å²) >= 11 is 1.30. The second-order valence-corrected chi connectivity index (χ2v) is 9.05. The monoisotopic (exact) mass is 417 g/mol. The Morgan fingerprint density at radius 2 is 2.07 bits per heavy atom. The van der Waals surface area contributed by atoms with Crippen molar-refractivity contribution in [3.05, 3.63) is 48.0 Å². The number of thiazole rings is 1. The fourth-order valence-electron chi connectivity index (χ4n) is 2.90. The van der Waals surface area contributed by atoms with E-state index >= 15 is 0 Å². The highest BCUT2D eigenvalue weighted by atomic mass is 32.2. The van der Waals surface area contributed by atoms with Gasteiger partial charge in [0.15, 0.2) is 5.13 Å². The molecule has 1 aliphatic heterocycles. The fourth-order valence-corrected chi connectivity index (χ4v) is 5.24. The van der Waals surface area contributed by atoms with Gasteiger partial charge in [0, 0.05) is 12.0 Å². The normalized spacial score (nSPS) is 15.8. The molecule has 4 rings (SSSR count). The first-order valence-electron chi connectivity index (χ1n) is 8.29. The molecule has 0 bridgehead atoms. The van der Waals surface area contributed by atoms with Gasteiger partial charge in [0.2, 0.25) is 15.9 Å². The average Bonchev–Trinajstić information content (AvgIpc) is 3.19. The van der Waals surface area contributed by atoms with Crippen molar-refractivity contribution in [3.8, 4) is 5.75 Å². The molecule has 2 aromatic carbocycles. The first kappa shape index (κ1) is 18.4. The first-order valence-corrected chi connectivity index (χ1v) is 10.7. The Morgan fingerprint density at radius 3 is 2.79 bits per heavy atom. The first-order chi connectivity index (χ1) is 13.4. The lowest BCUT2D eigenvalue weighted by atomic mass is 10.2. The van der Waals surface area contributed by atoms with E-state index in [1.165, 1.54) is 29.5 Å². The zero-order valence-electron chi connectivity index (χ0n) is 14.7. The summed E-state index contributed by atoms with van der Waals surface area (Å²) in [6.07, 6.45) is -0.0616. The fraction of sp³-hybridized carbons (Fsp3) is 0.167. The van der Waals surface area contributed by atoms with E-state index in [4.69, 9.17) is 4.74 Å². The molecule has 0 spiro atoms. The Hall–Kier alpha value is -2.98. The summed E-state index contributed by atoms with van der Waals surface area (Å²) in [7, 11) is -2.11. The van der Waals surface area contributed by atoms with Gasteiger partial charge in [-0.1, -0.05) is 17.4 Å². The molecule has 144 valence electrons. The smallest absolute Gasteiger partial charge is 0.257 e. The molecule has 0 aliphatic carbocycles. The Balaban J connectivity index is 1.60. The molecule has 10 heteroatoms. The maximum Gasteiger partial charge on any atom is 0.257 e. The minimum absolute atomic E-state index is 0.0616. The maximum atomic E-state index is 12.6. The largest absolute Gasteiger partial charge is 0.497 e. The highest BCUT2D eigenvalue weighted by Gasteiger charge is 2.36. The van der Waals surface area contributed by atoms with Gasteiger partial charge in [0.25, 0.3) is 5.91 Å². The molecule has 1 N–H and O–H groups in total. The van der Waals surface area contributed by atoms with Gasteiger partial charge in [0.1, 0.15) is 5.75 Å². The number of hydrogen-bond acceptors (Lipinski definition) is 7. The molecule has 2 amide bonds. The van der Waals surface area contributed by atoms with Crippen molar-refractivity contribution in [2.45, 2.75) is 6.42 Å². The minimum atomic E-state index is -3.68.